The molecular formula is C18H31NO2. The van der Waals surface area contributed by atoms with Crippen LogP contribution in [0.1, 0.15) is 77.6 Å². The Hall–Kier alpha value is -0.410. The van der Waals surface area contributed by atoms with Crippen molar-refractivity contribution in [2.24, 2.45) is 0 Å². The summed E-state index contributed by atoms with van der Waals surface area (Å²) in [5.41, 5.74) is 0.243. The van der Waals surface area contributed by atoms with Crippen molar-refractivity contribution in [2.75, 3.05) is 13.1 Å². The van der Waals surface area contributed by atoms with Gasteiger partial charge in [-0.25, -0.2) is 0 Å². The maximum absolute atomic E-state index is 11.6. The Labute approximate surface area is 129 Å². The second-order valence-electron chi connectivity index (χ2n) is 7.57. The summed E-state index contributed by atoms with van der Waals surface area (Å²) >= 11 is 0. The van der Waals surface area contributed by atoms with Crippen molar-refractivity contribution in [3.8, 4) is 0 Å². The minimum absolute atomic E-state index is 0.243. The standard InChI is InChI=1S/C18H31NO2/c1-15(20)13-16-7-3-2-6-12-19(16)14-17-8-11-18(21-17)9-4-5-10-18/h16-17H,2-14H2,1H3. The van der Waals surface area contributed by atoms with Gasteiger partial charge in [0.05, 0.1) is 11.7 Å². The van der Waals surface area contributed by atoms with Crippen molar-refractivity contribution in [1.29, 1.82) is 0 Å². The van der Waals surface area contributed by atoms with Crippen LogP contribution in [-0.4, -0.2) is 41.5 Å². The van der Waals surface area contributed by atoms with Gasteiger partial charge in [0.15, 0.2) is 0 Å². The van der Waals surface area contributed by atoms with Gasteiger partial charge in [0.2, 0.25) is 0 Å². The third-order valence-electron chi connectivity index (χ3n) is 5.81. The van der Waals surface area contributed by atoms with Crippen LogP contribution in [0.15, 0.2) is 0 Å². The van der Waals surface area contributed by atoms with Crippen LogP contribution in [0.5, 0.6) is 0 Å². The summed E-state index contributed by atoms with van der Waals surface area (Å²) in [6.45, 7) is 3.95. The van der Waals surface area contributed by atoms with E-state index in [1.807, 2.05) is 0 Å². The first-order chi connectivity index (χ1) is 10.2. The minimum Gasteiger partial charge on any atom is -0.370 e. The summed E-state index contributed by atoms with van der Waals surface area (Å²) in [5, 5.41) is 0. The van der Waals surface area contributed by atoms with Gasteiger partial charge >= 0.3 is 0 Å². The number of hydrogen-bond acceptors (Lipinski definition) is 3. The molecule has 1 spiro atoms. The number of carbonyl (C=O) groups excluding carboxylic acids is 1. The smallest absolute Gasteiger partial charge is 0.131 e. The highest BCUT2D eigenvalue weighted by molar-refractivity contribution is 5.76. The highest BCUT2D eigenvalue weighted by Crippen LogP contribution is 2.43. The summed E-state index contributed by atoms with van der Waals surface area (Å²) in [6.07, 6.45) is 14.0. The van der Waals surface area contributed by atoms with E-state index in [-0.39, 0.29) is 5.60 Å². The molecule has 0 aromatic rings. The molecule has 2 unspecified atom stereocenters. The summed E-state index contributed by atoms with van der Waals surface area (Å²) in [4.78, 5) is 14.1. The van der Waals surface area contributed by atoms with Crippen LogP contribution < -0.4 is 0 Å². The van der Waals surface area contributed by atoms with E-state index in [0.717, 1.165) is 19.5 Å². The number of hydrogen-bond donors (Lipinski definition) is 0. The number of carbonyl (C=O) groups is 1. The van der Waals surface area contributed by atoms with E-state index < -0.39 is 0 Å². The zero-order chi connectivity index (χ0) is 14.7. The molecule has 21 heavy (non-hydrogen) atoms. The molecule has 120 valence electrons. The lowest BCUT2D eigenvalue weighted by Gasteiger charge is -2.32. The van der Waals surface area contributed by atoms with Gasteiger partial charge in [0.25, 0.3) is 0 Å². The van der Waals surface area contributed by atoms with Crippen molar-refractivity contribution in [1.82, 2.24) is 4.90 Å². The topological polar surface area (TPSA) is 29.5 Å². The predicted octanol–water partition coefficient (Wildman–Crippen LogP) is 3.70. The molecule has 0 radical (unpaired) electrons. The summed E-state index contributed by atoms with van der Waals surface area (Å²) in [5.74, 6) is 0.339. The fourth-order valence-corrected chi connectivity index (χ4v) is 4.71. The molecule has 0 amide bonds. The van der Waals surface area contributed by atoms with E-state index in [1.54, 1.807) is 6.92 Å². The molecular weight excluding hydrogens is 262 g/mol. The maximum Gasteiger partial charge on any atom is 0.131 e. The van der Waals surface area contributed by atoms with Gasteiger partial charge in [0, 0.05) is 19.0 Å². The van der Waals surface area contributed by atoms with Gasteiger partial charge in [-0.1, -0.05) is 25.7 Å². The monoisotopic (exact) mass is 293 g/mol. The first-order valence-corrected chi connectivity index (χ1v) is 9.08. The van der Waals surface area contributed by atoms with Gasteiger partial charge in [-0.2, -0.15) is 0 Å². The molecule has 3 rings (SSSR count). The largest absolute Gasteiger partial charge is 0.370 e. The highest BCUT2D eigenvalue weighted by Gasteiger charge is 2.42. The van der Waals surface area contributed by atoms with Crippen LogP contribution in [0.3, 0.4) is 0 Å². The number of likely N-dealkylation sites (tertiary alicyclic amines) is 1. The van der Waals surface area contributed by atoms with E-state index in [2.05, 4.69) is 4.90 Å². The van der Waals surface area contributed by atoms with Gasteiger partial charge in [0.1, 0.15) is 5.78 Å². The first kappa shape index (κ1) is 15.5. The molecule has 0 bridgehead atoms. The van der Waals surface area contributed by atoms with Crippen molar-refractivity contribution < 1.29 is 9.53 Å². The van der Waals surface area contributed by atoms with Crippen LogP contribution in [0.25, 0.3) is 0 Å². The highest BCUT2D eigenvalue weighted by atomic mass is 16.5. The van der Waals surface area contributed by atoms with E-state index in [1.165, 1.54) is 64.2 Å². The fraction of sp³-hybridized carbons (Fsp3) is 0.944. The van der Waals surface area contributed by atoms with Crippen molar-refractivity contribution in [3.63, 3.8) is 0 Å². The second kappa shape index (κ2) is 6.78. The van der Waals surface area contributed by atoms with Crippen LogP contribution >= 0.6 is 0 Å². The predicted molar refractivity (Wildman–Crippen MR) is 84.4 cm³/mol. The molecule has 1 saturated carbocycles. The van der Waals surface area contributed by atoms with E-state index in [0.29, 0.717) is 17.9 Å². The van der Waals surface area contributed by atoms with E-state index in [9.17, 15) is 4.79 Å². The normalized spacial score (nSPS) is 33.4. The number of ketones is 1. The maximum atomic E-state index is 11.6. The summed E-state index contributed by atoms with van der Waals surface area (Å²) in [6, 6.07) is 0.466. The third-order valence-corrected chi connectivity index (χ3v) is 5.81. The summed E-state index contributed by atoms with van der Waals surface area (Å²) < 4.78 is 6.48. The van der Waals surface area contributed by atoms with Crippen LogP contribution in [0.4, 0.5) is 0 Å². The molecule has 2 aliphatic heterocycles. The molecule has 2 saturated heterocycles. The molecule has 2 atom stereocenters. The van der Waals surface area contributed by atoms with Gasteiger partial charge < -0.3 is 4.74 Å². The quantitative estimate of drug-likeness (QED) is 0.791. The molecule has 3 nitrogen and oxygen atoms in total. The average Bonchev–Trinajstić information content (AvgIpc) is 3.00. The second-order valence-corrected chi connectivity index (χ2v) is 7.57. The zero-order valence-corrected chi connectivity index (χ0v) is 13.6. The molecule has 0 N–H and O–H groups in total. The molecule has 2 heterocycles. The molecule has 0 aromatic heterocycles. The Morgan fingerprint density at radius 2 is 1.90 bits per heavy atom. The lowest BCUT2D eigenvalue weighted by molar-refractivity contribution is -0.118. The Morgan fingerprint density at radius 3 is 2.67 bits per heavy atom. The average molecular weight is 293 g/mol. The Balaban J connectivity index is 1.57. The van der Waals surface area contributed by atoms with Gasteiger partial charge in [-0.05, 0) is 52.0 Å². The third kappa shape index (κ3) is 3.87. The Morgan fingerprint density at radius 1 is 1.10 bits per heavy atom. The lowest BCUT2D eigenvalue weighted by atomic mass is 9.98. The molecule has 0 aromatic carbocycles. The summed E-state index contributed by atoms with van der Waals surface area (Å²) in [7, 11) is 0. The first-order valence-electron chi connectivity index (χ1n) is 9.08. The number of nitrogens with zero attached hydrogens (tertiary/aromatic N) is 1. The fourth-order valence-electron chi connectivity index (χ4n) is 4.71. The molecule has 3 aliphatic rings. The molecule has 3 heteroatoms. The Bertz CT molecular complexity index is 362. The van der Waals surface area contributed by atoms with Crippen LogP contribution in [0, 0.1) is 0 Å². The van der Waals surface area contributed by atoms with E-state index in [4.69, 9.17) is 4.74 Å². The Kier molecular flexibility index (Phi) is 5.00. The number of ether oxygens (including phenoxy) is 1. The zero-order valence-electron chi connectivity index (χ0n) is 13.6. The van der Waals surface area contributed by atoms with E-state index >= 15 is 0 Å². The van der Waals surface area contributed by atoms with Crippen molar-refractivity contribution >= 4 is 5.78 Å². The minimum atomic E-state index is 0.243. The van der Waals surface area contributed by atoms with Crippen LogP contribution in [-0.2, 0) is 9.53 Å². The molecule has 3 fully saturated rings. The van der Waals surface area contributed by atoms with Gasteiger partial charge in [-0.3, -0.25) is 9.69 Å². The van der Waals surface area contributed by atoms with Crippen LogP contribution in [0.2, 0.25) is 0 Å². The lowest BCUT2D eigenvalue weighted by Crippen LogP contribution is -2.41. The molecule has 1 aliphatic carbocycles. The number of rotatable bonds is 4. The van der Waals surface area contributed by atoms with Crippen molar-refractivity contribution in [2.45, 2.75) is 95.3 Å². The van der Waals surface area contributed by atoms with Gasteiger partial charge in [-0.15, -0.1) is 0 Å². The number of Topliss-reactive ketones (excluding diaryl/α,β-unsaturated/α-hetero) is 1. The SMILES string of the molecule is CC(=O)CC1CCCCCN1CC1CCC2(CCCC2)O1. The van der Waals surface area contributed by atoms with Crippen molar-refractivity contribution in [3.05, 3.63) is 0 Å².